The van der Waals surface area contributed by atoms with Crippen molar-refractivity contribution in [3.63, 3.8) is 0 Å². The molecule has 0 saturated heterocycles. The van der Waals surface area contributed by atoms with Crippen molar-refractivity contribution in [2.24, 2.45) is 12.8 Å². The molecule has 0 amide bonds. The molecule has 1 saturated carbocycles. The predicted molar refractivity (Wildman–Crippen MR) is 58.3 cm³/mol. The maximum absolute atomic E-state index is 5.83. The van der Waals surface area contributed by atoms with Gasteiger partial charge in [-0.15, -0.1) is 0 Å². The number of nitrogens with two attached hydrogens (primary N) is 1. The highest BCUT2D eigenvalue weighted by Gasteiger charge is 2.22. The van der Waals surface area contributed by atoms with Crippen LogP contribution in [0.4, 0.5) is 0 Å². The molecule has 2 atom stereocenters. The monoisotopic (exact) mass is 209 g/mol. The van der Waals surface area contributed by atoms with Crippen molar-refractivity contribution >= 4 is 0 Å². The molecule has 15 heavy (non-hydrogen) atoms. The molecule has 1 fully saturated rings. The van der Waals surface area contributed by atoms with Gasteiger partial charge < -0.3 is 10.5 Å². The van der Waals surface area contributed by atoms with Crippen molar-refractivity contribution in [3.05, 3.63) is 17.5 Å². The largest absolute Gasteiger partial charge is 0.372 e. The van der Waals surface area contributed by atoms with Crippen LogP contribution in [0, 0.1) is 6.92 Å². The number of aryl methyl sites for hydroxylation is 2. The third-order valence-electron chi connectivity index (χ3n) is 2.99. The summed E-state index contributed by atoms with van der Waals surface area (Å²) in [4.78, 5) is 0. The number of nitrogens with zero attached hydrogens (tertiary/aromatic N) is 2. The summed E-state index contributed by atoms with van der Waals surface area (Å²) in [7, 11) is 1.95. The molecular formula is C11H19N3O. The van der Waals surface area contributed by atoms with Gasteiger partial charge in [0.1, 0.15) is 0 Å². The van der Waals surface area contributed by atoms with E-state index in [-0.39, 0.29) is 0 Å². The number of rotatable bonds is 3. The molecular weight excluding hydrogens is 190 g/mol. The van der Waals surface area contributed by atoms with Crippen LogP contribution in [-0.4, -0.2) is 21.9 Å². The normalized spacial score (nSPS) is 26.1. The van der Waals surface area contributed by atoms with Crippen molar-refractivity contribution in [2.75, 3.05) is 0 Å². The molecule has 2 rings (SSSR count). The van der Waals surface area contributed by atoms with E-state index in [1.165, 1.54) is 0 Å². The molecule has 0 spiro atoms. The zero-order chi connectivity index (χ0) is 10.8. The first-order chi connectivity index (χ1) is 7.15. The zero-order valence-electron chi connectivity index (χ0n) is 9.44. The van der Waals surface area contributed by atoms with Crippen molar-refractivity contribution in [1.82, 2.24) is 9.78 Å². The fourth-order valence-electron chi connectivity index (χ4n) is 2.13. The summed E-state index contributed by atoms with van der Waals surface area (Å²) < 4.78 is 7.69. The van der Waals surface area contributed by atoms with Crippen molar-refractivity contribution in [2.45, 2.75) is 44.9 Å². The van der Waals surface area contributed by atoms with E-state index in [0.29, 0.717) is 18.8 Å². The fourth-order valence-corrected chi connectivity index (χ4v) is 2.13. The molecule has 2 N–H and O–H groups in total. The summed E-state index contributed by atoms with van der Waals surface area (Å²) in [6.07, 6.45) is 3.53. The lowest BCUT2D eigenvalue weighted by Gasteiger charge is -2.11. The first-order valence-corrected chi connectivity index (χ1v) is 5.52. The Bertz CT molecular complexity index is 335. The molecule has 4 nitrogen and oxygen atoms in total. The number of hydrogen-bond acceptors (Lipinski definition) is 3. The van der Waals surface area contributed by atoms with Crippen molar-refractivity contribution in [3.8, 4) is 0 Å². The van der Waals surface area contributed by atoms with E-state index in [9.17, 15) is 0 Å². The van der Waals surface area contributed by atoms with Crippen LogP contribution in [0.2, 0.25) is 0 Å². The lowest BCUT2D eigenvalue weighted by Crippen LogP contribution is -2.17. The molecule has 84 valence electrons. The number of hydrogen-bond donors (Lipinski definition) is 1. The van der Waals surface area contributed by atoms with Crippen LogP contribution in [0.25, 0.3) is 0 Å². The minimum atomic E-state index is 0.336. The first-order valence-electron chi connectivity index (χ1n) is 5.52. The van der Waals surface area contributed by atoms with Gasteiger partial charge in [0.2, 0.25) is 0 Å². The minimum absolute atomic E-state index is 0.336. The average Bonchev–Trinajstić information content (AvgIpc) is 2.70. The Morgan fingerprint density at radius 1 is 1.60 bits per heavy atom. The molecule has 0 aromatic carbocycles. The van der Waals surface area contributed by atoms with Gasteiger partial charge in [-0.1, -0.05) is 0 Å². The van der Waals surface area contributed by atoms with E-state index in [1.807, 2.05) is 18.7 Å². The highest BCUT2D eigenvalue weighted by atomic mass is 16.5. The Balaban J connectivity index is 1.85. The van der Waals surface area contributed by atoms with Crippen LogP contribution in [0.3, 0.4) is 0 Å². The summed E-state index contributed by atoms with van der Waals surface area (Å²) in [5.74, 6) is 0. The number of ether oxygens (including phenoxy) is 1. The second-order valence-electron chi connectivity index (χ2n) is 4.41. The Labute approximate surface area is 90.4 Å². The van der Waals surface area contributed by atoms with Gasteiger partial charge in [-0.2, -0.15) is 5.10 Å². The maximum atomic E-state index is 5.83. The summed E-state index contributed by atoms with van der Waals surface area (Å²) in [5.41, 5.74) is 8.00. The predicted octanol–water partition coefficient (Wildman–Crippen LogP) is 1.12. The van der Waals surface area contributed by atoms with Crippen LogP contribution in [0.1, 0.15) is 30.7 Å². The maximum Gasteiger partial charge on any atom is 0.0888 e. The van der Waals surface area contributed by atoms with Gasteiger partial charge in [0, 0.05) is 13.1 Å². The second-order valence-corrected chi connectivity index (χ2v) is 4.41. The molecule has 1 heterocycles. The first kappa shape index (κ1) is 10.6. The van der Waals surface area contributed by atoms with E-state index >= 15 is 0 Å². The number of aromatic nitrogens is 2. The van der Waals surface area contributed by atoms with Crippen LogP contribution in [0.5, 0.6) is 0 Å². The summed E-state index contributed by atoms with van der Waals surface area (Å²) >= 11 is 0. The van der Waals surface area contributed by atoms with Gasteiger partial charge >= 0.3 is 0 Å². The smallest absolute Gasteiger partial charge is 0.0888 e. The van der Waals surface area contributed by atoms with E-state index < -0.39 is 0 Å². The lowest BCUT2D eigenvalue weighted by molar-refractivity contribution is 0.0412. The molecule has 2 unspecified atom stereocenters. The van der Waals surface area contributed by atoms with Crippen LogP contribution in [-0.2, 0) is 18.4 Å². The zero-order valence-corrected chi connectivity index (χ0v) is 9.44. The summed E-state index contributed by atoms with van der Waals surface area (Å²) in [6, 6.07) is 2.40. The Morgan fingerprint density at radius 3 is 2.93 bits per heavy atom. The lowest BCUT2D eigenvalue weighted by atomic mass is 10.3. The van der Waals surface area contributed by atoms with Crippen LogP contribution in [0.15, 0.2) is 6.07 Å². The van der Waals surface area contributed by atoms with Crippen molar-refractivity contribution < 1.29 is 4.74 Å². The Kier molecular flexibility index (Phi) is 3.07. The van der Waals surface area contributed by atoms with Crippen LogP contribution < -0.4 is 5.73 Å². The molecule has 0 bridgehead atoms. The van der Waals surface area contributed by atoms with Crippen LogP contribution >= 0.6 is 0 Å². The average molecular weight is 209 g/mol. The van der Waals surface area contributed by atoms with Gasteiger partial charge in [0.25, 0.3) is 0 Å². The molecule has 1 aromatic heterocycles. The second kappa shape index (κ2) is 4.33. The molecule has 1 aromatic rings. The molecule has 0 radical (unpaired) electrons. The topological polar surface area (TPSA) is 53.1 Å². The Hall–Kier alpha value is -0.870. The molecule has 1 aliphatic carbocycles. The standard InChI is InChI=1S/C11H19N3O/c1-8-5-10(14(2)13-8)7-15-11-4-3-9(12)6-11/h5,9,11H,3-4,6-7,12H2,1-2H3. The van der Waals surface area contributed by atoms with Gasteiger partial charge in [-0.25, -0.2) is 0 Å². The highest BCUT2D eigenvalue weighted by Crippen LogP contribution is 2.21. The van der Waals surface area contributed by atoms with E-state index in [2.05, 4.69) is 11.2 Å². The van der Waals surface area contributed by atoms with E-state index in [0.717, 1.165) is 30.7 Å². The Morgan fingerprint density at radius 2 is 2.40 bits per heavy atom. The van der Waals surface area contributed by atoms with Crippen molar-refractivity contribution in [1.29, 1.82) is 0 Å². The molecule has 0 aliphatic heterocycles. The quantitative estimate of drug-likeness (QED) is 0.811. The molecule has 1 aliphatic rings. The van der Waals surface area contributed by atoms with Gasteiger partial charge in [-0.05, 0) is 32.3 Å². The van der Waals surface area contributed by atoms with E-state index in [1.54, 1.807) is 0 Å². The summed E-state index contributed by atoms with van der Waals surface area (Å²) in [6.45, 7) is 2.64. The summed E-state index contributed by atoms with van der Waals surface area (Å²) in [5, 5.41) is 4.28. The highest BCUT2D eigenvalue weighted by molar-refractivity contribution is 5.07. The molecule has 4 heteroatoms. The fraction of sp³-hybridized carbons (Fsp3) is 0.727. The van der Waals surface area contributed by atoms with E-state index in [4.69, 9.17) is 10.5 Å². The van der Waals surface area contributed by atoms with Gasteiger partial charge in [-0.3, -0.25) is 4.68 Å². The minimum Gasteiger partial charge on any atom is -0.372 e. The third kappa shape index (κ3) is 2.58. The van der Waals surface area contributed by atoms with Gasteiger partial charge in [0.15, 0.2) is 0 Å². The SMILES string of the molecule is Cc1cc(COC2CCC(N)C2)n(C)n1. The third-order valence-corrected chi connectivity index (χ3v) is 2.99. The van der Waals surface area contributed by atoms with Gasteiger partial charge in [0.05, 0.1) is 24.1 Å².